The number of anilines is 1. The molecule has 2 rings (SSSR count). The zero-order valence-corrected chi connectivity index (χ0v) is 13.4. The molecule has 0 heterocycles. The molecule has 2 aromatic rings. The topological polar surface area (TPSA) is 67.2 Å². The number of benzene rings is 2. The third kappa shape index (κ3) is 4.41. The number of hydrogen-bond acceptors (Lipinski definition) is 3. The van der Waals surface area contributed by atoms with E-state index >= 15 is 0 Å². The van der Waals surface area contributed by atoms with Crippen molar-refractivity contribution in [2.24, 2.45) is 0 Å². The Morgan fingerprint density at radius 1 is 1.27 bits per heavy atom. The summed E-state index contributed by atoms with van der Waals surface area (Å²) in [6.45, 7) is 2.60. The van der Waals surface area contributed by atoms with Crippen LogP contribution in [0.3, 0.4) is 0 Å². The molecule has 0 spiro atoms. The molecular weight excluding hydrogens is 322 g/mol. The first-order chi connectivity index (χ1) is 10.5. The van der Waals surface area contributed by atoms with Crippen molar-refractivity contribution >= 4 is 40.3 Å². The van der Waals surface area contributed by atoms with E-state index in [0.717, 1.165) is 5.56 Å². The van der Waals surface area contributed by atoms with E-state index in [9.17, 15) is 10.1 Å². The van der Waals surface area contributed by atoms with E-state index in [-0.39, 0.29) is 10.7 Å². The number of nitro benzene ring substituents is 1. The van der Waals surface area contributed by atoms with Crippen LogP contribution in [0, 0.1) is 17.0 Å². The van der Waals surface area contributed by atoms with E-state index in [1.165, 1.54) is 17.7 Å². The third-order valence-corrected chi connectivity index (χ3v) is 3.54. The van der Waals surface area contributed by atoms with Crippen LogP contribution < -0.4 is 10.6 Å². The third-order valence-electron chi connectivity index (χ3n) is 2.97. The average Bonchev–Trinajstić information content (AvgIpc) is 2.48. The number of hydrogen-bond donors (Lipinski definition) is 2. The van der Waals surface area contributed by atoms with Crippen molar-refractivity contribution < 1.29 is 4.92 Å². The van der Waals surface area contributed by atoms with Gasteiger partial charge in [-0.1, -0.05) is 41.4 Å². The SMILES string of the molecule is Cc1ccc(CNC(=S)Nc2ccc(Cl)c([N+](=O)[O-])c2)cc1. The van der Waals surface area contributed by atoms with Crippen LogP contribution in [-0.4, -0.2) is 10.0 Å². The largest absolute Gasteiger partial charge is 0.358 e. The maximum absolute atomic E-state index is 10.8. The van der Waals surface area contributed by atoms with Crippen LogP contribution in [0.5, 0.6) is 0 Å². The molecule has 7 heteroatoms. The van der Waals surface area contributed by atoms with Gasteiger partial charge in [0.25, 0.3) is 5.69 Å². The summed E-state index contributed by atoms with van der Waals surface area (Å²) in [5.74, 6) is 0. The number of aryl methyl sites for hydroxylation is 1. The van der Waals surface area contributed by atoms with Crippen LogP contribution in [0.4, 0.5) is 11.4 Å². The lowest BCUT2D eigenvalue weighted by atomic mass is 10.1. The molecule has 0 aromatic heterocycles. The van der Waals surface area contributed by atoms with Crippen molar-refractivity contribution in [3.05, 3.63) is 68.7 Å². The maximum atomic E-state index is 10.8. The van der Waals surface area contributed by atoms with Gasteiger partial charge in [0, 0.05) is 18.3 Å². The fourth-order valence-electron chi connectivity index (χ4n) is 1.79. The molecule has 0 unspecified atom stereocenters. The molecule has 0 amide bonds. The van der Waals surface area contributed by atoms with Gasteiger partial charge in [-0.25, -0.2) is 0 Å². The summed E-state index contributed by atoms with van der Waals surface area (Å²) in [5, 5.41) is 17.3. The second-order valence-corrected chi connectivity index (χ2v) is 5.53. The van der Waals surface area contributed by atoms with Crippen LogP contribution in [0.1, 0.15) is 11.1 Å². The highest BCUT2D eigenvalue weighted by Gasteiger charge is 2.13. The van der Waals surface area contributed by atoms with E-state index in [0.29, 0.717) is 17.3 Å². The van der Waals surface area contributed by atoms with Gasteiger partial charge in [-0.15, -0.1) is 0 Å². The van der Waals surface area contributed by atoms with Gasteiger partial charge >= 0.3 is 0 Å². The molecule has 2 N–H and O–H groups in total. The first kappa shape index (κ1) is 16.2. The van der Waals surface area contributed by atoms with Crippen molar-refractivity contribution in [2.45, 2.75) is 13.5 Å². The highest BCUT2D eigenvalue weighted by atomic mass is 35.5. The van der Waals surface area contributed by atoms with E-state index in [1.807, 2.05) is 31.2 Å². The molecule has 114 valence electrons. The van der Waals surface area contributed by atoms with Crippen molar-refractivity contribution in [2.75, 3.05) is 5.32 Å². The molecule has 0 aliphatic rings. The summed E-state index contributed by atoms with van der Waals surface area (Å²) in [6, 6.07) is 12.5. The van der Waals surface area contributed by atoms with Crippen LogP contribution in [0.25, 0.3) is 0 Å². The predicted molar refractivity (Wildman–Crippen MR) is 92.3 cm³/mol. The lowest BCUT2D eigenvalue weighted by Gasteiger charge is -2.11. The Labute approximate surface area is 138 Å². The minimum atomic E-state index is -0.531. The molecule has 0 atom stereocenters. The zero-order chi connectivity index (χ0) is 16.1. The van der Waals surface area contributed by atoms with Gasteiger partial charge in [-0.05, 0) is 36.8 Å². The van der Waals surface area contributed by atoms with Gasteiger partial charge in [-0.3, -0.25) is 10.1 Å². The Morgan fingerprint density at radius 3 is 2.59 bits per heavy atom. The molecule has 5 nitrogen and oxygen atoms in total. The smallest absolute Gasteiger partial charge is 0.289 e. The van der Waals surface area contributed by atoms with E-state index in [4.69, 9.17) is 23.8 Å². The number of thiocarbonyl (C=S) groups is 1. The van der Waals surface area contributed by atoms with Crippen molar-refractivity contribution in [3.8, 4) is 0 Å². The lowest BCUT2D eigenvalue weighted by molar-refractivity contribution is -0.384. The molecule has 0 aliphatic carbocycles. The molecule has 0 fully saturated rings. The second-order valence-electron chi connectivity index (χ2n) is 4.72. The summed E-state index contributed by atoms with van der Waals surface area (Å²) < 4.78 is 0. The van der Waals surface area contributed by atoms with Crippen molar-refractivity contribution in [1.29, 1.82) is 0 Å². The maximum Gasteiger partial charge on any atom is 0.289 e. The van der Waals surface area contributed by atoms with Crippen LogP contribution in [0.2, 0.25) is 5.02 Å². The lowest BCUT2D eigenvalue weighted by Crippen LogP contribution is -2.27. The van der Waals surface area contributed by atoms with Crippen molar-refractivity contribution in [1.82, 2.24) is 5.32 Å². The van der Waals surface area contributed by atoms with Gasteiger partial charge in [-0.2, -0.15) is 0 Å². The molecule has 0 radical (unpaired) electrons. The number of nitro groups is 1. The van der Waals surface area contributed by atoms with Gasteiger partial charge in [0.15, 0.2) is 5.11 Å². The van der Waals surface area contributed by atoms with Crippen LogP contribution >= 0.6 is 23.8 Å². The number of halogens is 1. The standard InChI is InChI=1S/C15H14ClN3O2S/c1-10-2-4-11(5-3-10)9-17-15(22)18-12-6-7-13(16)14(8-12)19(20)21/h2-8H,9H2,1H3,(H2,17,18,22). The quantitative estimate of drug-likeness (QED) is 0.501. The Kier molecular flexibility index (Phi) is 5.30. The molecule has 0 bridgehead atoms. The average molecular weight is 336 g/mol. The molecule has 0 saturated carbocycles. The van der Waals surface area contributed by atoms with Crippen LogP contribution in [-0.2, 0) is 6.54 Å². The Hall–Kier alpha value is -2.18. The fourth-order valence-corrected chi connectivity index (χ4v) is 2.17. The summed E-state index contributed by atoms with van der Waals surface area (Å²) >= 11 is 10.9. The second kappa shape index (κ2) is 7.20. The Morgan fingerprint density at radius 2 is 1.95 bits per heavy atom. The summed E-state index contributed by atoms with van der Waals surface area (Å²) in [6.07, 6.45) is 0. The molecule has 2 aromatic carbocycles. The molecule has 22 heavy (non-hydrogen) atoms. The first-order valence-corrected chi connectivity index (χ1v) is 7.28. The van der Waals surface area contributed by atoms with Gasteiger partial charge in [0.05, 0.1) is 4.92 Å². The Bertz CT molecular complexity index is 704. The number of nitrogens with one attached hydrogen (secondary N) is 2. The van der Waals surface area contributed by atoms with Gasteiger partial charge in [0.2, 0.25) is 0 Å². The van der Waals surface area contributed by atoms with Gasteiger partial charge < -0.3 is 10.6 Å². The van der Waals surface area contributed by atoms with E-state index < -0.39 is 4.92 Å². The van der Waals surface area contributed by atoms with E-state index in [1.54, 1.807) is 6.07 Å². The summed E-state index contributed by atoms with van der Waals surface area (Å²) in [4.78, 5) is 10.3. The Balaban J connectivity index is 1.96. The van der Waals surface area contributed by atoms with Gasteiger partial charge in [0.1, 0.15) is 5.02 Å². The predicted octanol–water partition coefficient (Wildman–Crippen LogP) is 4.04. The first-order valence-electron chi connectivity index (χ1n) is 6.50. The minimum Gasteiger partial charge on any atom is -0.358 e. The molecule has 0 aliphatic heterocycles. The van der Waals surface area contributed by atoms with Crippen LogP contribution in [0.15, 0.2) is 42.5 Å². The highest BCUT2D eigenvalue weighted by molar-refractivity contribution is 7.80. The zero-order valence-electron chi connectivity index (χ0n) is 11.8. The normalized spacial score (nSPS) is 10.1. The summed E-state index contributed by atoms with van der Waals surface area (Å²) in [5.41, 5.74) is 2.64. The molecule has 0 saturated heterocycles. The number of rotatable bonds is 4. The fraction of sp³-hybridized carbons (Fsp3) is 0.133. The monoisotopic (exact) mass is 335 g/mol. The molecular formula is C15H14ClN3O2S. The minimum absolute atomic E-state index is 0.0917. The number of nitrogens with zero attached hydrogens (tertiary/aromatic N) is 1. The highest BCUT2D eigenvalue weighted by Crippen LogP contribution is 2.27. The van der Waals surface area contributed by atoms with E-state index in [2.05, 4.69) is 10.6 Å². The van der Waals surface area contributed by atoms with Crippen molar-refractivity contribution in [3.63, 3.8) is 0 Å². The summed E-state index contributed by atoms with van der Waals surface area (Å²) in [7, 11) is 0.